The molecule has 1 saturated heterocycles. The van der Waals surface area contributed by atoms with E-state index in [4.69, 9.17) is 0 Å². The van der Waals surface area contributed by atoms with Crippen LogP contribution in [0.25, 0.3) is 11.0 Å². The zero-order valence-electron chi connectivity index (χ0n) is 12.1. The van der Waals surface area contributed by atoms with Gasteiger partial charge in [0.05, 0.1) is 17.2 Å². The van der Waals surface area contributed by atoms with Gasteiger partial charge in [-0.1, -0.05) is 12.1 Å². The Kier molecular flexibility index (Phi) is 3.37. The fourth-order valence-corrected chi connectivity index (χ4v) is 2.80. The van der Waals surface area contributed by atoms with Crippen LogP contribution in [0.2, 0.25) is 0 Å². The summed E-state index contributed by atoms with van der Waals surface area (Å²) in [5, 5.41) is 9.20. The van der Waals surface area contributed by atoms with Gasteiger partial charge in [0, 0.05) is 25.2 Å². The standard InChI is InChI=1S/C15H18N4O2/c1-10-9-19(15(20)21)11(2)8-18(10)14-7-16-12-5-3-4-6-13(12)17-14/h3-7,10-11H,8-9H2,1-2H3,(H,20,21)/t10-,11-/m1/s1. The summed E-state index contributed by atoms with van der Waals surface area (Å²) < 4.78 is 0. The predicted octanol–water partition coefficient (Wildman–Crippen LogP) is 2.21. The molecule has 0 aliphatic carbocycles. The zero-order chi connectivity index (χ0) is 15.0. The van der Waals surface area contributed by atoms with E-state index in [0.29, 0.717) is 13.1 Å². The van der Waals surface area contributed by atoms with Gasteiger partial charge in [-0.3, -0.25) is 4.98 Å². The Morgan fingerprint density at radius 2 is 1.90 bits per heavy atom. The van der Waals surface area contributed by atoms with Gasteiger partial charge in [-0.25, -0.2) is 9.78 Å². The number of hydrogen-bond donors (Lipinski definition) is 1. The second-order valence-electron chi connectivity index (χ2n) is 5.50. The average Bonchev–Trinajstić information content (AvgIpc) is 2.48. The molecule has 21 heavy (non-hydrogen) atoms. The Balaban J connectivity index is 1.90. The van der Waals surface area contributed by atoms with Crippen LogP contribution in [0.3, 0.4) is 0 Å². The Labute approximate surface area is 123 Å². The lowest BCUT2D eigenvalue weighted by Crippen LogP contribution is -2.58. The molecule has 1 N–H and O–H groups in total. The third-order valence-electron chi connectivity index (χ3n) is 3.96. The van der Waals surface area contributed by atoms with Crippen LogP contribution in [0, 0.1) is 0 Å². The number of hydrogen-bond acceptors (Lipinski definition) is 4. The molecule has 2 atom stereocenters. The SMILES string of the molecule is C[C@@H]1CN(c2cnc3ccccc3n2)[C@H](C)CN1C(=O)O. The molecule has 6 heteroatoms. The van der Waals surface area contributed by atoms with Gasteiger partial charge >= 0.3 is 6.09 Å². The number of para-hydroxylation sites is 2. The van der Waals surface area contributed by atoms with Crippen molar-refractivity contribution in [3.63, 3.8) is 0 Å². The van der Waals surface area contributed by atoms with E-state index >= 15 is 0 Å². The van der Waals surface area contributed by atoms with Gasteiger partial charge < -0.3 is 14.9 Å². The van der Waals surface area contributed by atoms with Crippen molar-refractivity contribution in [1.29, 1.82) is 0 Å². The quantitative estimate of drug-likeness (QED) is 0.870. The number of carbonyl (C=O) groups is 1. The molecule has 0 unspecified atom stereocenters. The molecule has 6 nitrogen and oxygen atoms in total. The van der Waals surface area contributed by atoms with Gasteiger partial charge in [0.2, 0.25) is 0 Å². The number of amides is 1. The number of fused-ring (bicyclic) bond motifs is 1. The minimum absolute atomic E-state index is 0.0630. The maximum Gasteiger partial charge on any atom is 0.407 e. The van der Waals surface area contributed by atoms with Crippen LogP contribution in [0.15, 0.2) is 30.5 Å². The molecule has 1 amide bonds. The fraction of sp³-hybridized carbons (Fsp3) is 0.400. The van der Waals surface area contributed by atoms with Gasteiger partial charge in [-0.05, 0) is 26.0 Å². The van der Waals surface area contributed by atoms with Crippen molar-refractivity contribution in [2.24, 2.45) is 0 Å². The van der Waals surface area contributed by atoms with Crippen molar-refractivity contribution in [3.8, 4) is 0 Å². The van der Waals surface area contributed by atoms with Crippen LogP contribution in [-0.4, -0.2) is 51.2 Å². The highest BCUT2D eigenvalue weighted by molar-refractivity contribution is 5.75. The van der Waals surface area contributed by atoms with E-state index in [1.165, 1.54) is 4.90 Å². The number of anilines is 1. The summed E-state index contributed by atoms with van der Waals surface area (Å²) in [5.74, 6) is 0.804. The van der Waals surface area contributed by atoms with Crippen molar-refractivity contribution >= 4 is 22.9 Å². The van der Waals surface area contributed by atoms with Crippen LogP contribution < -0.4 is 4.90 Å². The van der Waals surface area contributed by atoms with E-state index in [0.717, 1.165) is 16.9 Å². The first-order valence-corrected chi connectivity index (χ1v) is 7.04. The molecule has 1 aliphatic heterocycles. The van der Waals surface area contributed by atoms with E-state index in [1.54, 1.807) is 6.20 Å². The second-order valence-corrected chi connectivity index (χ2v) is 5.50. The second kappa shape index (κ2) is 5.20. The number of piperazine rings is 1. The third kappa shape index (κ3) is 2.49. The molecule has 0 radical (unpaired) electrons. The molecule has 0 spiro atoms. The molecule has 1 aliphatic rings. The third-order valence-corrected chi connectivity index (χ3v) is 3.96. The van der Waals surface area contributed by atoms with E-state index in [-0.39, 0.29) is 12.1 Å². The molecular weight excluding hydrogens is 268 g/mol. The molecule has 3 rings (SSSR count). The lowest BCUT2D eigenvalue weighted by atomic mass is 10.1. The van der Waals surface area contributed by atoms with Crippen molar-refractivity contribution in [2.45, 2.75) is 25.9 Å². The van der Waals surface area contributed by atoms with Crippen LogP contribution in [0.4, 0.5) is 10.6 Å². The first kappa shape index (κ1) is 13.6. The Morgan fingerprint density at radius 1 is 1.19 bits per heavy atom. The summed E-state index contributed by atoms with van der Waals surface area (Å²) in [7, 11) is 0. The first-order valence-electron chi connectivity index (χ1n) is 7.04. The summed E-state index contributed by atoms with van der Waals surface area (Å²) in [5.41, 5.74) is 1.72. The van der Waals surface area contributed by atoms with Crippen LogP contribution >= 0.6 is 0 Å². The monoisotopic (exact) mass is 286 g/mol. The molecule has 1 aromatic heterocycles. The lowest BCUT2D eigenvalue weighted by Gasteiger charge is -2.43. The smallest absolute Gasteiger partial charge is 0.407 e. The molecular formula is C15H18N4O2. The number of rotatable bonds is 1. The maximum atomic E-state index is 11.2. The summed E-state index contributed by atoms with van der Waals surface area (Å²) in [6.45, 7) is 5.03. The van der Waals surface area contributed by atoms with Crippen molar-refractivity contribution in [1.82, 2.24) is 14.9 Å². The summed E-state index contributed by atoms with van der Waals surface area (Å²) in [4.78, 5) is 23.9. The average molecular weight is 286 g/mol. The number of nitrogens with zero attached hydrogens (tertiary/aromatic N) is 4. The van der Waals surface area contributed by atoms with Crippen LogP contribution in [0.5, 0.6) is 0 Å². The Hall–Kier alpha value is -2.37. The van der Waals surface area contributed by atoms with Crippen molar-refractivity contribution in [2.75, 3.05) is 18.0 Å². The number of aromatic nitrogens is 2. The van der Waals surface area contributed by atoms with Crippen molar-refractivity contribution in [3.05, 3.63) is 30.5 Å². The first-order chi connectivity index (χ1) is 10.1. The topological polar surface area (TPSA) is 69.6 Å². The normalized spacial score (nSPS) is 22.6. The molecule has 0 bridgehead atoms. The van der Waals surface area contributed by atoms with E-state index in [1.807, 2.05) is 38.1 Å². The minimum atomic E-state index is -0.862. The Morgan fingerprint density at radius 3 is 2.62 bits per heavy atom. The highest BCUT2D eigenvalue weighted by Gasteiger charge is 2.32. The van der Waals surface area contributed by atoms with Crippen LogP contribution in [0.1, 0.15) is 13.8 Å². The Bertz CT molecular complexity index is 676. The molecule has 1 aromatic carbocycles. The van der Waals surface area contributed by atoms with E-state index < -0.39 is 6.09 Å². The number of benzene rings is 1. The van der Waals surface area contributed by atoms with Gasteiger partial charge in [0.25, 0.3) is 0 Å². The van der Waals surface area contributed by atoms with Crippen molar-refractivity contribution < 1.29 is 9.90 Å². The molecule has 110 valence electrons. The predicted molar refractivity (Wildman–Crippen MR) is 80.5 cm³/mol. The molecule has 2 aromatic rings. The summed E-state index contributed by atoms with van der Waals surface area (Å²) in [6.07, 6.45) is 0.903. The maximum absolute atomic E-state index is 11.2. The van der Waals surface area contributed by atoms with E-state index in [9.17, 15) is 9.90 Å². The largest absolute Gasteiger partial charge is 0.465 e. The van der Waals surface area contributed by atoms with Gasteiger partial charge in [-0.2, -0.15) is 0 Å². The summed E-state index contributed by atoms with van der Waals surface area (Å²) in [6, 6.07) is 7.76. The molecule has 1 fully saturated rings. The lowest BCUT2D eigenvalue weighted by molar-refractivity contribution is 0.114. The fourth-order valence-electron chi connectivity index (χ4n) is 2.80. The minimum Gasteiger partial charge on any atom is -0.465 e. The highest BCUT2D eigenvalue weighted by Crippen LogP contribution is 2.22. The van der Waals surface area contributed by atoms with E-state index in [2.05, 4.69) is 14.9 Å². The zero-order valence-corrected chi connectivity index (χ0v) is 12.1. The van der Waals surface area contributed by atoms with Gasteiger partial charge in [0.1, 0.15) is 5.82 Å². The van der Waals surface area contributed by atoms with Crippen LogP contribution in [-0.2, 0) is 0 Å². The molecule has 2 heterocycles. The summed E-state index contributed by atoms with van der Waals surface area (Å²) >= 11 is 0. The van der Waals surface area contributed by atoms with Gasteiger partial charge in [-0.15, -0.1) is 0 Å². The number of carboxylic acid groups (broad SMARTS) is 1. The highest BCUT2D eigenvalue weighted by atomic mass is 16.4. The molecule has 0 saturated carbocycles. The van der Waals surface area contributed by atoms with Gasteiger partial charge in [0.15, 0.2) is 0 Å².